The SMILES string of the molecule is C=CC1C=CC(C=C)C(C=C)C1. The van der Waals surface area contributed by atoms with Crippen molar-refractivity contribution in [3.8, 4) is 0 Å². The quantitative estimate of drug-likeness (QED) is 0.555. The molecule has 64 valence electrons. The molecule has 0 nitrogen and oxygen atoms in total. The van der Waals surface area contributed by atoms with Crippen LogP contribution in [0.3, 0.4) is 0 Å². The Balaban J connectivity index is 2.74. The van der Waals surface area contributed by atoms with Crippen molar-refractivity contribution in [3.05, 3.63) is 50.1 Å². The van der Waals surface area contributed by atoms with Crippen LogP contribution >= 0.6 is 0 Å². The monoisotopic (exact) mass is 160 g/mol. The molecule has 0 bridgehead atoms. The van der Waals surface area contributed by atoms with Gasteiger partial charge in [-0.05, 0) is 18.3 Å². The fraction of sp³-hybridized carbons (Fsp3) is 0.333. The molecule has 1 aliphatic carbocycles. The second-order valence-corrected chi connectivity index (χ2v) is 3.23. The van der Waals surface area contributed by atoms with Crippen LogP contribution in [0, 0.1) is 17.8 Å². The highest BCUT2D eigenvalue weighted by Crippen LogP contribution is 2.30. The van der Waals surface area contributed by atoms with E-state index >= 15 is 0 Å². The molecule has 3 unspecified atom stereocenters. The van der Waals surface area contributed by atoms with Crippen LogP contribution in [0.5, 0.6) is 0 Å². The maximum absolute atomic E-state index is 3.84. The minimum absolute atomic E-state index is 0.471. The Bertz CT molecular complexity index is 210. The molecule has 12 heavy (non-hydrogen) atoms. The number of rotatable bonds is 3. The van der Waals surface area contributed by atoms with Crippen LogP contribution in [0.25, 0.3) is 0 Å². The fourth-order valence-corrected chi connectivity index (χ4v) is 1.65. The second-order valence-electron chi connectivity index (χ2n) is 3.23. The van der Waals surface area contributed by atoms with Crippen molar-refractivity contribution in [2.75, 3.05) is 0 Å². The highest BCUT2D eigenvalue weighted by molar-refractivity contribution is 5.13. The molecule has 0 heterocycles. The van der Waals surface area contributed by atoms with Gasteiger partial charge in [0, 0.05) is 5.92 Å². The van der Waals surface area contributed by atoms with Gasteiger partial charge in [-0.2, -0.15) is 0 Å². The van der Waals surface area contributed by atoms with Crippen LogP contribution < -0.4 is 0 Å². The van der Waals surface area contributed by atoms with Gasteiger partial charge in [0.15, 0.2) is 0 Å². The maximum atomic E-state index is 3.84. The first-order valence-electron chi connectivity index (χ1n) is 4.37. The van der Waals surface area contributed by atoms with Crippen LogP contribution in [0.1, 0.15) is 6.42 Å². The zero-order chi connectivity index (χ0) is 8.97. The standard InChI is InChI=1S/C12H16/c1-4-10-7-8-11(5-2)12(6-3)9-10/h4-8,10-12H,1-3,9H2. The van der Waals surface area contributed by atoms with Crippen LogP contribution in [0.4, 0.5) is 0 Å². The topological polar surface area (TPSA) is 0 Å². The van der Waals surface area contributed by atoms with Crippen LogP contribution in [-0.4, -0.2) is 0 Å². The number of allylic oxidation sites excluding steroid dienone is 5. The Hall–Kier alpha value is -1.04. The molecular weight excluding hydrogens is 144 g/mol. The predicted molar refractivity (Wildman–Crippen MR) is 54.8 cm³/mol. The average Bonchev–Trinajstić information content (AvgIpc) is 2.16. The molecule has 0 aliphatic heterocycles. The Morgan fingerprint density at radius 3 is 2.25 bits per heavy atom. The summed E-state index contributed by atoms with van der Waals surface area (Å²) >= 11 is 0. The van der Waals surface area contributed by atoms with Gasteiger partial charge in [0.1, 0.15) is 0 Å². The molecule has 0 spiro atoms. The van der Waals surface area contributed by atoms with Gasteiger partial charge < -0.3 is 0 Å². The van der Waals surface area contributed by atoms with Crippen molar-refractivity contribution in [1.29, 1.82) is 0 Å². The summed E-state index contributed by atoms with van der Waals surface area (Å²) < 4.78 is 0. The lowest BCUT2D eigenvalue weighted by molar-refractivity contribution is 0.452. The largest absolute Gasteiger partial charge is 0.103 e. The van der Waals surface area contributed by atoms with Crippen molar-refractivity contribution in [3.63, 3.8) is 0 Å². The second kappa shape index (κ2) is 4.10. The van der Waals surface area contributed by atoms with E-state index in [1.165, 1.54) is 0 Å². The van der Waals surface area contributed by atoms with Gasteiger partial charge in [-0.1, -0.05) is 30.4 Å². The fourth-order valence-electron chi connectivity index (χ4n) is 1.65. The molecule has 1 rings (SSSR count). The smallest absolute Gasteiger partial charge is 0.000713 e. The molecular formula is C12H16. The summed E-state index contributed by atoms with van der Waals surface area (Å²) in [5, 5.41) is 0. The van der Waals surface area contributed by atoms with Crippen LogP contribution in [-0.2, 0) is 0 Å². The van der Waals surface area contributed by atoms with Gasteiger partial charge in [0.05, 0.1) is 0 Å². The van der Waals surface area contributed by atoms with Crippen molar-refractivity contribution < 1.29 is 0 Å². The molecule has 0 saturated carbocycles. The summed E-state index contributed by atoms with van der Waals surface area (Å²) in [5.41, 5.74) is 0. The first-order chi connectivity index (χ1) is 5.81. The van der Waals surface area contributed by atoms with Crippen LogP contribution in [0.15, 0.2) is 50.1 Å². The predicted octanol–water partition coefficient (Wildman–Crippen LogP) is 3.35. The third-order valence-corrected chi connectivity index (χ3v) is 2.50. The molecule has 0 aromatic heterocycles. The van der Waals surface area contributed by atoms with E-state index in [9.17, 15) is 0 Å². The Kier molecular flexibility index (Phi) is 3.09. The van der Waals surface area contributed by atoms with E-state index in [0.29, 0.717) is 17.8 Å². The molecule has 3 atom stereocenters. The molecule has 0 heteroatoms. The Labute approximate surface area is 75.0 Å². The maximum Gasteiger partial charge on any atom is 0.000713 e. The van der Waals surface area contributed by atoms with Gasteiger partial charge in [-0.25, -0.2) is 0 Å². The number of hydrogen-bond acceptors (Lipinski definition) is 0. The zero-order valence-electron chi connectivity index (χ0n) is 7.45. The molecule has 0 fully saturated rings. The molecule has 1 aliphatic rings. The number of hydrogen-bond donors (Lipinski definition) is 0. The van der Waals surface area contributed by atoms with Crippen molar-refractivity contribution in [1.82, 2.24) is 0 Å². The van der Waals surface area contributed by atoms with Gasteiger partial charge in [-0.15, -0.1) is 19.7 Å². The van der Waals surface area contributed by atoms with E-state index in [0.717, 1.165) is 6.42 Å². The normalized spacial score (nSPS) is 34.2. The summed E-state index contributed by atoms with van der Waals surface area (Å²) in [4.78, 5) is 0. The zero-order valence-corrected chi connectivity index (χ0v) is 7.45. The van der Waals surface area contributed by atoms with E-state index in [1.54, 1.807) is 0 Å². The first kappa shape index (κ1) is 9.05. The van der Waals surface area contributed by atoms with Crippen molar-refractivity contribution in [2.45, 2.75) is 6.42 Å². The Morgan fingerprint density at radius 2 is 1.75 bits per heavy atom. The Morgan fingerprint density at radius 1 is 1.00 bits per heavy atom. The minimum Gasteiger partial charge on any atom is -0.103 e. The molecule has 0 saturated heterocycles. The highest BCUT2D eigenvalue weighted by atomic mass is 14.2. The van der Waals surface area contributed by atoms with E-state index in [-0.39, 0.29) is 0 Å². The third-order valence-electron chi connectivity index (χ3n) is 2.50. The highest BCUT2D eigenvalue weighted by Gasteiger charge is 2.19. The third kappa shape index (κ3) is 1.76. The average molecular weight is 160 g/mol. The lowest BCUT2D eigenvalue weighted by Crippen LogP contribution is -2.16. The van der Waals surface area contributed by atoms with Gasteiger partial charge in [0.25, 0.3) is 0 Å². The minimum atomic E-state index is 0.471. The summed E-state index contributed by atoms with van der Waals surface area (Å²) in [6.45, 7) is 11.4. The van der Waals surface area contributed by atoms with Crippen molar-refractivity contribution in [2.24, 2.45) is 17.8 Å². The molecule has 0 N–H and O–H groups in total. The van der Waals surface area contributed by atoms with E-state index in [1.807, 2.05) is 18.2 Å². The molecule has 0 radical (unpaired) electrons. The van der Waals surface area contributed by atoms with E-state index in [4.69, 9.17) is 0 Å². The summed E-state index contributed by atoms with van der Waals surface area (Å²) in [5.74, 6) is 1.53. The lowest BCUT2D eigenvalue weighted by Gasteiger charge is -2.25. The van der Waals surface area contributed by atoms with Gasteiger partial charge >= 0.3 is 0 Å². The van der Waals surface area contributed by atoms with Gasteiger partial charge in [0.2, 0.25) is 0 Å². The van der Waals surface area contributed by atoms with Gasteiger partial charge in [-0.3, -0.25) is 0 Å². The first-order valence-corrected chi connectivity index (χ1v) is 4.37. The molecule has 0 amide bonds. The molecule has 0 aromatic carbocycles. The summed E-state index contributed by atoms with van der Waals surface area (Å²) in [6.07, 6.45) is 11.5. The lowest BCUT2D eigenvalue weighted by atomic mass is 9.79. The molecule has 0 aromatic rings. The van der Waals surface area contributed by atoms with E-state index < -0.39 is 0 Å². The van der Waals surface area contributed by atoms with E-state index in [2.05, 4.69) is 31.9 Å². The summed E-state index contributed by atoms with van der Waals surface area (Å²) in [6, 6.07) is 0. The van der Waals surface area contributed by atoms with Crippen LogP contribution in [0.2, 0.25) is 0 Å². The van der Waals surface area contributed by atoms with Crippen molar-refractivity contribution >= 4 is 0 Å². The summed E-state index contributed by atoms with van der Waals surface area (Å²) in [7, 11) is 0.